The molecule has 2 aromatic carbocycles. The van der Waals surface area contributed by atoms with Crippen molar-refractivity contribution in [2.24, 2.45) is 0 Å². The number of carbonyl (C=O) groups excluding carboxylic acids is 2. The average molecular weight is 370 g/mol. The van der Waals surface area contributed by atoms with Gasteiger partial charge in [0.05, 0.1) is 32.4 Å². The second-order valence-electron chi connectivity index (χ2n) is 6.26. The summed E-state index contributed by atoms with van der Waals surface area (Å²) in [6.45, 7) is 2.62. The summed E-state index contributed by atoms with van der Waals surface area (Å²) in [5.74, 6) is 0.886. The van der Waals surface area contributed by atoms with E-state index in [1.54, 1.807) is 54.5 Å². The van der Waals surface area contributed by atoms with Crippen molar-refractivity contribution >= 4 is 17.7 Å². The van der Waals surface area contributed by atoms with E-state index in [4.69, 9.17) is 14.2 Å². The Morgan fingerprint density at radius 2 is 1.89 bits per heavy atom. The maximum absolute atomic E-state index is 12.8. The minimum absolute atomic E-state index is 0.141. The molecule has 0 bridgehead atoms. The van der Waals surface area contributed by atoms with Crippen molar-refractivity contribution in [2.75, 3.05) is 26.1 Å². The van der Waals surface area contributed by atoms with E-state index in [1.807, 2.05) is 6.92 Å². The number of methoxy groups -OCH3 is 2. The number of rotatable bonds is 3. The summed E-state index contributed by atoms with van der Waals surface area (Å²) >= 11 is 0. The number of fused-ring (bicyclic) bond motifs is 1. The van der Waals surface area contributed by atoms with Gasteiger partial charge in [-0.25, -0.2) is 9.59 Å². The number of nitrogens with one attached hydrogen (secondary N) is 1. The smallest absolute Gasteiger partial charge is 0.337 e. The first kappa shape index (κ1) is 18.6. The molecule has 0 radical (unpaired) electrons. The number of urea groups is 1. The minimum atomic E-state index is -0.423. The lowest BCUT2D eigenvalue weighted by atomic mass is 10.1. The number of esters is 1. The fraction of sp³-hybridized carbons (Fsp3) is 0.300. The van der Waals surface area contributed by atoms with Crippen LogP contribution in [0.1, 0.15) is 22.8 Å². The molecule has 0 aliphatic carbocycles. The lowest BCUT2D eigenvalue weighted by Crippen LogP contribution is -2.42. The van der Waals surface area contributed by atoms with E-state index in [0.29, 0.717) is 30.2 Å². The molecule has 0 fully saturated rings. The Balaban J connectivity index is 1.77. The molecule has 0 saturated heterocycles. The molecular formula is C20H22N2O5. The van der Waals surface area contributed by atoms with Crippen LogP contribution in [0.3, 0.4) is 0 Å². The maximum Gasteiger partial charge on any atom is 0.337 e. The van der Waals surface area contributed by atoms with Crippen molar-refractivity contribution in [1.82, 2.24) is 4.90 Å². The zero-order valence-electron chi connectivity index (χ0n) is 15.5. The first-order valence-corrected chi connectivity index (χ1v) is 8.57. The van der Waals surface area contributed by atoms with Gasteiger partial charge in [-0.1, -0.05) is 6.07 Å². The molecule has 7 heteroatoms. The highest BCUT2D eigenvalue weighted by atomic mass is 16.5. The molecule has 1 heterocycles. The highest BCUT2D eigenvalue weighted by Gasteiger charge is 2.26. The first-order valence-electron chi connectivity index (χ1n) is 8.57. The van der Waals surface area contributed by atoms with E-state index >= 15 is 0 Å². The quantitative estimate of drug-likeness (QED) is 0.839. The van der Waals surface area contributed by atoms with Crippen LogP contribution in [0.2, 0.25) is 0 Å². The van der Waals surface area contributed by atoms with Crippen LogP contribution in [0, 0.1) is 0 Å². The predicted molar refractivity (Wildman–Crippen MR) is 100 cm³/mol. The number of anilines is 1. The Bertz CT molecular complexity index is 835. The standard InChI is InChI=1S/C20H22N2O5/c1-13-12-27-18-10-14(19(23)26-3)4-5-15(18)11-22(13)20(24)21-16-6-8-17(25-2)9-7-16/h4-10,13H,11-12H2,1-3H3,(H,21,24)/t13-/m0/s1. The fourth-order valence-electron chi connectivity index (χ4n) is 2.85. The second-order valence-corrected chi connectivity index (χ2v) is 6.26. The molecule has 1 N–H and O–H groups in total. The molecule has 2 aromatic rings. The Morgan fingerprint density at radius 3 is 2.56 bits per heavy atom. The Morgan fingerprint density at radius 1 is 1.15 bits per heavy atom. The van der Waals surface area contributed by atoms with Crippen molar-refractivity contribution in [3.63, 3.8) is 0 Å². The number of nitrogens with zero attached hydrogens (tertiary/aromatic N) is 1. The fourth-order valence-corrected chi connectivity index (χ4v) is 2.85. The Labute approximate surface area is 157 Å². The Hall–Kier alpha value is -3.22. The van der Waals surface area contributed by atoms with E-state index in [1.165, 1.54) is 7.11 Å². The molecule has 0 saturated carbocycles. The summed E-state index contributed by atoms with van der Waals surface area (Å²) in [4.78, 5) is 26.2. The van der Waals surface area contributed by atoms with Crippen LogP contribution in [0.15, 0.2) is 42.5 Å². The highest BCUT2D eigenvalue weighted by Crippen LogP contribution is 2.27. The first-order chi connectivity index (χ1) is 13.0. The monoisotopic (exact) mass is 370 g/mol. The highest BCUT2D eigenvalue weighted by molar-refractivity contribution is 5.91. The van der Waals surface area contributed by atoms with Crippen molar-refractivity contribution in [2.45, 2.75) is 19.5 Å². The number of hydrogen-bond acceptors (Lipinski definition) is 5. The molecule has 1 aliphatic rings. The summed E-state index contributed by atoms with van der Waals surface area (Å²) in [7, 11) is 2.93. The third-order valence-corrected chi connectivity index (χ3v) is 4.44. The van der Waals surface area contributed by atoms with Gasteiger partial charge in [-0.2, -0.15) is 0 Å². The van der Waals surface area contributed by atoms with Gasteiger partial charge < -0.3 is 24.4 Å². The summed E-state index contributed by atoms with van der Waals surface area (Å²) in [5.41, 5.74) is 1.93. The van der Waals surface area contributed by atoms with E-state index in [2.05, 4.69) is 5.32 Å². The molecule has 3 rings (SSSR count). The van der Waals surface area contributed by atoms with Gasteiger partial charge in [-0.3, -0.25) is 0 Å². The van der Waals surface area contributed by atoms with Crippen molar-refractivity contribution < 1.29 is 23.8 Å². The van der Waals surface area contributed by atoms with Gasteiger partial charge in [-0.05, 0) is 43.3 Å². The summed E-state index contributed by atoms with van der Waals surface area (Å²) < 4.78 is 15.7. The lowest BCUT2D eigenvalue weighted by molar-refractivity contribution is 0.0600. The van der Waals surface area contributed by atoms with Crippen LogP contribution in [0.4, 0.5) is 10.5 Å². The molecule has 0 unspecified atom stereocenters. The number of hydrogen-bond donors (Lipinski definition) is 1. The predicted octanol–water partition coefficient (Wildman–Crippen LogP) is 3.30. The third kappa shape index (κ3) is 4.13. The molecule has 27 heavy (non-hydrogen) atoms. The number of amides is 2. The van der Waals surface area contributed by atoms with Gasteiger partial charge in [0.1, 0.15) is 18.1 Å². The van der Waals surface area contributed by atoms with Crippen molar-refractivity contribution in [3.05, 3.63) is 53.6 Å². The van der Waals surface area contributed by atoms with E-state index in [-0.39, 0.29) is 12.1 Å². The molecule has 1 aliphatic heterocycles. The van der Waals surface area contributed by atoms with Gasteiger partial charge in [0, 0.05) is 11.3 Å². The molecule has 2 amide bonds. The van der Waals surface area contributed by atoms with Crippen LogP contribution in [-0.2, 0) is 11.3 Å². The molecule has 7 nitrogen and oxygen atoms in total. The van der Waals surface area contributed by atoms with Crippen molar-refractivity contribution in [3.8, 4) is 11.5 Å². The topological polar surface area (TPSA) is 77.1 Å². The summed E-state index contributed by atoms with van der Waals surface area (Å²) in [5, 5.41) is 2.89. The largest absolute Gasteiger partial charge is 0.497 e. The van der Waals surface area contributed by atoms with Gasteiger partial charge in [0.15, 0.2) is 0 Å². The lowest BCUT2D eigenvalue weighted by Gasteiger charge is -2.26. The van der Waals surface area contributed by atoms with Gasteiger partial charge >= 0.3 is 12.0 Å². The molecular weight excluding hydrogens is 348 g/mol. The normalized spacial score (nSPS) is 15.8. The maximum atomic E-state index is 12.8. The SMILES string of the molecule is COC(=O)c1ccc2c(c1)OC[C@H](C)N(C(=O)Nc1ccc(OC)cc1)C2. The average Bonchev–Trinajstić information content (AvgIpc) is 2.86. The van der Waals surface area contributed by atoms with Crippen LogP contribution in [-0.4, -0.2) is 43.8 Å². The molecule has 0 aromatic heterocycles. The van der Waals surface area contributed by atoms with Crippen molar-refractivity contribution in [1.29, 1.82) is 0 Å². The Kier molecular flexibility index (Phi) is 5.49. The van der Waals surface area contributed by atoms with Crippen LogP contribution >= 0.6 is 0 Å². The van der Waals surface area contributed by atoms with Crippen LogP contribution < -0.4 is 14.8 Å². The van der Waals surface area contributed by atoms with E-state index in [0.717, 1.165) is 11.3 Å². The zero-order chi connectivity index (χ0) is 19.4. The van der Waals surface area contributed by atoms with E-state index in [9.17, 15) is 9.59 Å². The van der Waals surface area contributed by atoms with Crippen LogP contribution in [0.25, 0.3) is 0 Å². The third-order valence-electron chi connectivity index (χ3n) is 4.44. The number of benzene rings is 2. The van der Waals surface area contributed by atoms with E-state index < -0.39 is 5.97 Å². The molecule has 0 spiro atoms. The number of carbonyl (C=O) groups is 2. The summed E-state index contributed by atoms with van der Waals surface area (Å²) in [6, 6.07) is 11.9. The summed E-state index contributed by atoms with van der Waals surface area (Å²) in [6.07, 6.45) is 0. The number of ether oxygens (including phenoxy) is 3. The van der Waals surface area contributed by atoms with Crippen LogP contribution in [0.5, 0.6) is 11.5 Å². The molecule has 1 atom stereocenters. The second kappa shape index (κ2) is 7.99. The van der Waals surface area contributed by atoms with Gasteiger partial charge in [-0.15, -0.1) is 0 Å². The molecule has 142 valence electrons. The van der Waals surface area contributed by atoms with Gasteiger partial charge in [0.25, 0.3) is 0 Å². The minimum Gasteiger partial charge on any atom is -0.497 e. The zero-order valence-corrected chi connectivity index (χ0v) is 15.5. The van der Waals surface area contributed by atoms with Gasteiger partial charge in [0.2, 0.25) is 0 Å².